The first-order valence-electron chi connectivity index (χ1n) is 16.0. The smallest absolute Gasteiger partial charge is 0.328 e. The van der Waals surface area contributed by atoms with E-state index >= 15 is 0 Å². The van der Waals surface area contributed by atoms with Gasteiger partial charge in [-0.05, 0) is 110 Å². The van der Waals surface area contributed by atoms with Crippen LogP contribution in [0.3, 0.4) is 0 Å². The number of esters is 1. The number of carbonyl (C=O) groups is 2. The van der Waals surface area contributed by atoms with Crippen molar-refractivity contribution in [3.8, 4) is 0 Å². The van der Waals surface area contributed by atoms with Gasteiger partial charge in [-0.2, -0.15) is 0 Å². The molecule has 0 aromatic heterocycles. The molecule has 1 aromatic carbocycles. The van der Waals surface area contributed by atoms with Gasteiger partial charge in [-0.1, -0.05) is 51.1 Å². The highest BCUT2D eigenvalue weighted by molar-refractivity contribution is 5.84. The summed E-state index contributed by atoms with van der Waals surface area (Å²) in [6.07, 6.45) is 5.80. The number of carbonyl (C=O) groups excluding carboxylic acids is 2. The maximum absolute atomic E-state index is 12.8. The van der Waals surface area contributed by atoms with Crippen molar-refractivity contribution in [1.82, 2.24) is 5.32 Å². The Hall–Kier alpha value is -1.96. The number of aliphatic hydroxyl groups is 3. The van der Waals surface area contributed by atoms with E-state index < -0.39 is 24.2 Å². The minimum atomic E-state index is -0.778. The predicted molar refractivity (Wildman–Crippen MR) is 156 cm³/mol. The van der Waals surface area contributed by atoms with Crippen molar-refractivity contribution in [2.45, 2.75) is 116 Å². The molecule has 0 aliphatic heterocycles. The van der Waals surface area contributed by atoms with Crippen LogP contribution < -0.4 is 5.32 Å². The molecule has 4 aliphatic rings. The largest absolute Gasteiger partial charge is 0.459 e. The van der Waals surface area contributed by atoms with Gasteiger partial charge in [0.15, 0.2) is 0 Å². The van der Waals surface area contributed by atoms with Gasteiger partial charge in [0.05, 0.1) is 18.3 Å². The van der Waals surface area contributed by atoms with E-state index in [4.69, 9.17) is 4.74 Å². The molecule has 228 valence electrons. The summed E-state index contributed by atoms with van der Waals surface area (Å²) in [6, 6.07) is 8.80. The van der Waals surface area contributed by atoms with Crippen LogP contribution in [0, 0.1) is 46.3 Å². The molecule has 0 saturated heterocycles. The SMILES string of the molecule is C[C@H](CCC(=O)N[C@H](C)C(=O)OCc1ccccc1)[C@H]1CCC2C3C(CC[C@@]21C)[C@@]1(C)CC[C@@H](O)CC1[C@@H](O)[C@H]3O. The van der Waals surface area contributed by atoms with Gasteiger partial charge < -0.3 is 25.4 Å². The zero-order chi connectivity index (χ0) is 29.5. The molecule has 12 atom stereocenters. The number of rotatable bonds is 8. The number of amides is 1. The first-order valence-corrected chi connectivity index (χ1v) is 16.0. The Morgan fingerprint density at radius 3 is 2.34 bits per heavy atom. The molecule has 0 radical (unpaired) electrons. The Balaban J connectivity index is 1.16. The topological polar surface area (TPSA) is 116 Å². The molecule has 5 rings (SSSR count). The molecule has 1 aromatic rings. The zero-order valence-corrected chi connectivity index (χ0v) is 25.3. The second-order valence-electron chi connectivity index (χ2n) is 14.4. The lowest BCUT2D eigenvalue weighted by Gasteiger charge is -2.63. The lowest BCUT2D eigenvalue weighted by molar-refractivity contribution is -0.223. The summed E-state index contributed by atoms with van der Waals surface area (Å²) in [7, 11) is 0. The minimum absolute atomic E-state index is 0.0371. The second kappa shape index (κ2) is 12.0. The van der Waals surface area contributed by atoms with Crippen LogP contribution in [0.15, 0.2) is 30.3 Å². The lowest BCUT2D eigenvalue weighted by atomic mass is 9.43. The van der Waals surface area contributed by atoms with E-state index in [0.717, 1.165) is 50.5 Å². The average molecular weight is 570 g/mol. The van der Waals surface area contributed by atoms with E-state index in [-0.39, 0.29) is 41.3 Å². The molecule has 7 nitrogen and oxygen atoms in total. The fourth-order valence-corrected chi connectivity index (χ4v) is 10.0. The molecule has 4 fully saturated rings. The highest BCUT2D eigenvalue weighted by Gasteiger charge is 2.65. The summed E-state index contributed by atoms with van der Waals surface area (Å²) in [5.74, 6) is 1.01. The second-order valence-corrected chi connectivity index (χ2v) is 14.4. The number of hydrogen-bond donors (Lipinski definition) is 4. The van der Waals surface area contributed by atoms with E-state index in [1.54, 1.807) is 6.92 Å². The Labute approximate surface area is 245 Å². The van der Waals surface area contributed by atoms with Crippen molar-refractivity contribution in [2.75, 3.05) is 0 Å². The van der Waals surface area contributed by atoms with Gasteiger partial charge in [0.2, 0.25) is 5.91 Å². The van der Waals surface area contributed by atoms with E-state index in [0.29, 0.717) is 36.5 Å². The molecule has 1 amide bonds. The molecule has 4 N–H and O–H groups in total. The van der Waals surface area contributed by atoms with Gasteiger partial charge >= 0.3 is 5.97 Å². The summed E-state index contributed by atoms with van der Waals surface area (Å²) in [4.78, 5) is 25.2. The highest BCUT2D eigenvalue weighted by atomic mass is 16.5. The van der Waals surface area contributed by atoms with Crippen LogP contribution in [0.1, 0.15) is 91.0 Å². The third kappa shape index (κ3) is 5.71. The molecule has 4 aliphatic carbocycles. The summed E-state index contributed by atoms with van der Waals surface area (Å²) in [5, 5.41) is 35.9. The molecule has 7 heteroatoms. The van der Waals surface area contributed by atoms with Gasteiger partial charge in [0, 0.05) is 6.42 Å². The highest BCUT2D eigenvalue weighted by Crippen LogP contribution is 2.68. The third-order valence-corrected chi connectivity index (χ3v) is 12.3. The predicted octanol–water partition coefficient (Wildman–Crippen LogP) is 4.61. The maximum Gasteiger partial charge on any atom is 0.328 e. The number of nitrogens with one attached hydrogen (secondary N) is 1. The van der Waals surface area contributed by atoms with Gasteiger partial charge in [-0.15, -0.1) is 0 Å². The molecule has 4 unspecified atom stereocenters. The van der Waals surface area contributed by atoms with E-state index in [1.807, 2.05) is 30.3 Å². The number of ether oxygens (including phenoxy) is 1. The molecular weight excluding hydrogens is 518 g/mol. The van der Waals surface area contributed by atoms with Crippen LogP contribution in [0.2, 0.25) is 0 Å². The van der Waals surface area contributed by atoms with Gasteiger partial charge in [0.1, 0.15) is 12.6 Å². The average Bonchev–Trinajstić information content (AvgIpc) is 3.31. The summed E-state index contributed by atoms with van der Waals surface area (Å²) < 4.78 is 5.37. The van der Waals surface area contributed by atoms with E-state index in [2.05, 4.69) is 26.1 Å². The summed E-state index contributed by atoms with van der Waals surface area (Å²) in [5.41, 5.74) is 0.946. The number of benzene rings is 1. The van der Waals surface area contributed by atoms with Crippen LogP contribution in [0.25, 0.3) is 0 Å². The number of aliphatic hydroxyl groups excluding tert-OH is 3. The van der Waals surface area contributed by atoms with Crippen LogP contribution in [0.5, 0.6) is 0 Å². The van der Waals surface area contributed by atoms with Crippen LogP contribution in [0.4, 0.5) is 0 Å². The Morgan fingerprint density at radius 1 is 0.927 bits per heavy atom. The molecule has 0 bridgehead atoms. The number of fused-ring (bicyclic) bond motifs is 5. The van der Waals surface area contributed by atoms with Crippen molar-refractivity contribution in [1.29, 1.82) is 0 Å². The molecule has 41 heavy (non-hydrogen) atoms. The first-order chi connectivity index (χ1) is 19.5. The minimum Gasteiger partial charge on any atom is -0.459 e. The van der Waals surface area contributed by atoms with Crippen molar-refractivity contribution >= 4 is 11.9 Å². The zero-order valence-electron chi connectivity index (χ0n) is 25.3. The van der Waals surface area contributed by atoms with Crippen molar-refractivity contribution in [2.24, 2.45) is 46.3 Å². The Bertz CT molecular complexity index is 1080. The maximum atomic E-state index is 12.8. The van der Waals surface area contributed by atoms with Crippen LogP contribution in [-0.4, -0.2) is 51.5 Å². The van der Waals surface area contributed by atoms with E-state index in [1.165, 1.54) is 0 Å². The van der Waals surface area contributed by atoms with Gasteiger partial charge in [0.25, 0.3) is 0 Å². The van der Waals surface area contributed by atoms with Crippen molar-refractivity contribution in [3.63, 3.8) is 0 Å². The number of hydrogen-bond acceptors (Lipinski definition) is 6. The van der Waals surface area contributed by atoms with Gasteiger partial charge in [-0.25, -0.2) is 4.79 Å². The Morgan fingerprint density at radius 2 is 1.61 bits per heavy atom. The van der Waals surface area contributed by atoms with Crippen molar-refractivity contribution in [3.05, 3.63) is 35.9 Å². The molecule has 4 saturated carbocycles. The van der Waals surface area contributed by atoms with E-state index in [9.17, 15) is 24.9 Å². The normalized spacial score (nSPS) is 41.3. The first kappa shape index (κ1) is 30.5. The quantitative estimate of drug-likeness (QED) is 0.340. The van der Waals surface area contributed by atoms with Crippen molar-refractivity contribution < 1.29 is 29.6 Å². The van der Waals surface area contributed by atoms with Crippen LogP contribution >= 0.6 is 0 Å². The lowest BCUT2D eigenvalue weighted by Crippen LogP contribution is -2.64. The summed E-state index contributed by atoms with van der Waals surface area (Å²) in [6.45, 7) is 8.81. The molecule has 0 heterocycles. The third-order valence-electron chi connectivity index (χ3n) is 12.3. The van der Waals surface area contributed by atoms with Gasteiger partial charge in [-0.3, -0.25) is 4.79 Å². The van der Waals surface area contributed by atoms with Crippen LogP contribution in [-0.2, 0) is 20.9 Å². The monoisotopic (exact) mass is 569 g/mol. The summed E-state index contributed by atoms with van der Waals surface area (Å²) >= 11 is 0. The fourth-order valence-electron chi connectivity index (χ4n) is 10.0. The molecule has 0 spiro atoms. The molecular formula is C34H51NO6. The Kier molecular flexibility index (Phi) is 8.90. The fraction of sp³-hybridized carbons (Fsp3) is 0.765. The standard InChI is InChI=1S/C34H51NO6/c1-20(10-13-28(37)35-21(2)32(40)41-19-22-8-6-5-7-9-22)24-11-12-25-29-26(15-17-33(24,25)3)34(4)16-14-23(36)18-27(34)30(38)31(29)39/h5-9,20-21,23-27,29-31,36,38-39H,10-19H2,1-4H3,(H,35,37)/t20-,21-,23-,24-,25?,26?,27?,29?,30-,31+,33-,34-/m1/s1.